The number of rotatable bonds is 3. The van der Waals surface area contributed by atoms with E-state index >= 15 is 0 Å². The molecule has 0 fully saturated rings. The lowest BCUT2D eigenvalue weighted by atomic mass is 10.00. The summed E-state index contributed by atoms with van der Waals surface area (Å²) in [5.41, 5.74) is 2.31. The third kappa shape index (κ3) is 2.86. The maximum atomic E-state index is 10.4. The number of ether oxygens (including phenoxy) is 1. The van der Waals surface area contributed by atoms with Crippen LogP contribution in [0.15, 0.2) is 36.4 Å². The molecule has 2 aromatic carbocycles. The average molecular weight is 297 g/mol. The Morgan fingerprint density at radius 3 is 2.58 bits per heavy atom. The molecule has 0 aliphatic rings. The fourth-order valence-corrected chi connectivity index (χ4v) is 2.33. The lowest BCUT2D eigenvalue weighted by Crippen LogP contribution is -2.01. The maximum absolute atomic E-state index is 10.4. The van der Waals surface area contributed by atoms with Gasteiger partial charge in [0.05, 0.1) is 17.2 Å². The zero-order valence-corrected chi connectivity index (χ0v) is 12.2. The van der Waals surface area contributed by atoms with Crippen LogP contribution in [0.25, 0.3) is 0 Å². The summed E-state index contributed by atoms with van der Waals surface area (Å²) in [5, 5.41) is 11.2. The van der Waals surface area contributed by atoms with E-state index in [0.717, 1.165) is 11.3 Å². The van der Waals surface area contributed by atoms with Gasteiger partial charge in [-0.1, -0.05) is 47.5 Å². The van der Waals surface area contributed by atoms with Gasteiger partial charge in [0.1, 0.15) is 11.9 Å². The highest BCUT2D eigenvalue weighted by Crippen LogP contribution is 2.34. The van der Waals surface area contributed by atoms with Crippen LogP contribution in [0.1, 0.15) is 22.8 Å². The Bertz CT molecular complexity index is 597. The lowest BCUT2D eigenvalue weighted by Gasteiger charge is -2.15. The van der Waals surface area contributed by atoms with Gasteiger partial charge >= 0.3 is 0 Å². The summed E-state index contributed by atoms with van der Waals surface area (Å²) in [6.07, 6.45) is -0.833. The van der Waals surface area contributed by atoms with E-state index in [4.69, 9.17) is 27.9 Å². The van der Waals surface area contributed by atoms with Crippen molar-refractivity contribution in [2.45, 2.75) is 13.0 Å². The van der Waals surface area contributed by atoms with Gasteiger partial charge in [-0.3, -0.25) is 0 Å². The molecule has 0 aliphatic carbocycles. The fourth-order valence-electron chi connectivity index (χ4n) is 1.92. The summed E-state index contributed by atoms with van der Waals surface area (Å²) in [6.45, 7) is 1.95. The molecule has 0 aliphatic heterocycles. The molecule has 0 amide bonds. The average Bonchev–Trinajstić information content (AvgIpc) is 2.41. The topological polar surface area (TPSA) is 29.5 Å². The number of aryl methyl sites for hydroxylation is 1. The quantitative estimate of drug-likeness (QED) is 0.910. The van der Waals surface area contributed by atoms with Crippen LogP contribution < -0.4 is 4.74 Å². The van der Waals surface area contributed by atoms with Gasteiger partial charge in [-0.05, 0) is 30.2 Å². The largest absolute Gasteiger partial charge is 0.496 e. The predicted octanol–water partition coefficient (Wildman–Crippen LogP) is 4.39. The van der Waals surface area contributed by atoms with Crippen LogP contribution in [0.2, 0.25) is 10.0 Å². The zero-order chi connectivity index (χ0) is 14.0. The van der Waals surface area contributed by atoms with Gasteiger partial charge in [-0.2, -0.15) is 0 Å². The predicted molar refractivity (Wildman–Crippen MR) is 78.3 cm³/mol. The minimum absolute atomic E-state index is 0.371. The number of aliphatic hydroxyl groups excluding tert-OH is 1. The van der Waals surface area contributed by atoms with E-state index in [1.165, 1.54) is 0 Å². The third-order valence-corrected chi connectivity index (χ3v) is 3.86. The Hall–Kier alpha value is -1.22. The van der Waals surface area contributed by atoms with Crippen molar-refractivity contribution in [3.63, 3.8) is 0 Å². The van der Waals surface area contributed by atoms with E-state index in [9.17, 15) is 5.11 Å². The standard InChI is InChI=1S/C15H14Cl2O2/c1-9-6-7-10(8-13(9)19-2)15(18)11-4-3-5-12(16)14(11)17/h3-8,15,18H,1-2H3. The normalized spacial score (nSPS) is 12.3. The van der Waals surface area contributed by atoms with Crippen molar-refractivity contribution in [2.24, 2.45) is 0 Å². The van der Waals surface area contributed by atoms with Crippen molar-refractivity contribution in [3.05, 3.63) is 63.1 Å². The van der Waals surface area contributed by atoms with Crippen molar-refractivity contribution in [3.8, 4) is 5.75 Å². The van der Waals surface area contributed by atoms with Gasteiger partial charge in [0.25, 0.3) is 0 Å². The molecule has 0 spiro atoms. The first-order valence-corrected chi connectivity index (χ1v) is 6.56. The summed E-state index contributed by atoms with van der Waals surface area (Å²) in [4.78, 5) is 0. The van der Waals surface area contributed by atoms with Gasteiger partial charge in [0.2, 0.25) is 0 Å². The summed E-state index contributed by atoms with van der Waals surface area (Å²) in [6, 6.07) is 10.8. The molecule has 4 heteroatoms. The lowest BCUT2D eigenvalue weighted by molar-refractivity contribution is 0.220. The molecular weight excluding hydrogens is 283 g/mol. The molecule has 100 valence electrons. The van der Waals surface area contributed by atoms with Gasteiger partial charge in [-0.25, -0.2) is 0 Å². The Labute approximate surface area is 122 Å². The number of hydrogen-bond donors (Lipinski definition) is 1. The summed E-state index contributed by atoms with van der Waals surface area (Å²) >= 11 is 12.1. The number of benzene rings is 2. The van der Waals surface area contributed by atoms with Crippen molar-refractivity contribution >= 4 is 23.2 Å². The van der Waals surface area contributed by atoms with E-state index in [0.29, 0.717) is 21.2 Å². The monoisotopic (exact) mass is 296 g/mol. The first-order valence-electron chi connectivity index (χ1n) is 5.81. The molecule has 0 saturated carbocycles. The minimum atomic E-state index is -0.833. The number of methoxy groups -OCH3 is 1. The summed E-state index contributed by atoms with van der Waals surface area (Å²) in [5.74, 6) is 0.731. The van der Waals surface area contributed by atoms with Crippen LogP contribution in [0, 0.1) is 6.92 Å². The second-order valence-corrected chi connectivity index (χ2v) is 5.06. The molecule has 0 radical (unpaired) electrons. The molecule has 0 aromatic heterocycles. The number of aliphatic hydroxyl groups is 1. The van der Waals surface area contributed by atoms with Crippen LogP contribution >= 0.6 is 23.2 Å². The molecule has 0 heterocycles. The van der Waals surface area contributed by atoms with E-state index in [-0.39, 0.29) is 0 Å². The van der Waals surface area contributed by atoms with Crippen molar-refractivity contribution in [2.75, 3.05) is 7.11 Å². The number of hydrogen-bond acceptors (Lipinski definition) is 2. The molecular formula is C15H14Cl2O2. The first kappa shape index (κ1) is 14.2. The van der Waals surface area contributed by atoms with Crippen LogP contribution in [0.4, 0.5) is 0 Å². The molecule has 1 atom stereocenters. The van der Waals surface area contributed by atoms with E-state index in [2.05, 4.69) is 0 Å². The van der Waals surface area contributed by atoms with Crippen molar-refractivity contribution in [1.82, 2.24) is 0 Å². The molecule has 2 aromatic rings. The Morgan fingerprint density at radius 1 is 1.16 bits per heavy atom. The van der Waals surface area contributed by atoms with Crippen LogP contribution in [-0.2, 0) is 0 Å². The Balaban J connectivity index is 2.44. The molecule has 1 N–H and O–H groups in total. The molecule has 19 heavy (non-hydrogen) atoms. The second kappa shape index (κ2) is 5.83. The first-order chi connectivity index (χ1) is 9.04. The zero-order valence-electron chi connectivity index (χ0n) is 10.7. The highest BCUT2D eigenvalue weighted by molar-refractivity contribution is 6.42. The molecule has 2 nitrogen and oxygen atoms in total. The summed E-state index contributed by atoms with van der Waals surface area (Å²) in [7, 11) is 1.60. The van der Waals surface area contributed by atoms with Gasteiger partial charge in [0, 0.05) is 5.56 Å². The van der Waals surface area contributed by atoms with Gasteiger partial charge < -0.3 is 9.84 Å². The van der Waals surface area contributed by atoms with Crippen molar-refractivity contribution < 1.29 is 9.84 Å². The fraction of sp³-hybridized carbons (Fsp3) is 0.200. The second-order valence-electron chi connectivity index (χ2n) is 4.27. The van der Waals surface area contributed by atoms with Crippen LogP contribution in [-0.4, -0.2) is 12.2 Å². The maximum Gasteiger partial charge on any atom is 0.122 e. The summed E-state index contributed by atoms with van der Waals surface area (Å²) < 4.78 is 5.26. The minimum Gasteiger partial charge on any atom is -0.496 e. The van der Waals surface area contributed by atoms with E-state index < -0.39 is 6.10 Å². The third-order valence-electron chi connectivity index (χ3n) is 3.02. The smallest absolute Gasteiger partial charge is 0.122 e. The molecule has 1 unspecified atom stereocenters. The number of halogens is 2. The van der Waals surface area contributed by atoms with Gasteiger partial charge in [-0.15, -0.1) is 0 Å². The molecule has 0 saturated heterocycles. The Morgan fingerprint density at radius 2 is 1.89 bits per heavy atom. The SMILES string of the molecule is COc1cc(C(O)c2cccc(Cl)c2Cl)ccc1C. The Kier molecular flexibility index (Phi) is 4.35. The molecule has 2 rings (SSSR count). The van der Waals surface area contributed by atoms with Gasteiger partial charge in [0.15, 0.2) is 0 Å². The molecule has 0 bridgehead atoms. The van der Waals surface area contributed by atoms with E-state index in [1.54, 1.807) is 31.4 Å². The highest BCUT2D eigenvalue weighted by Gasteiger charge is 2.16. The van der Waals surface area contributed by atoms with E-state index in [1.807, 2.05) is 19.1 Å². The van der Waals surface area contributed by atoms with Crippen molar-refractivity contribution in [1.29, 1.82) is 0 Å². The van der Waals surface area contributed by atoms with Crippen LogP contribution in [0.3, 0.4) is 0 Å². The highest BCUT2D eigenvalue weighted by atomic mass is 35.5. The van der Waals surface area contributed by atoms with Crippen LogP contribution in [0.5, 0.6) is 5.75 Å².